The van der Waals surface area contributed by atoms with Crippen molar-refractivity contribution >= 4 is 40.5 Å². The molecule has 0 amide bonds. The zero-order valence-electron chi connectivity index (χ0n) is 8.54. The van der Waals surface area contributed by atoms with Gasteiger partial charge in [-0.25, -0.2) is 0 Å². The number of benzene rings is 1. The number of para-hydroxylation sites is 1. The number of thiocarbonyl (C=S) groups is 2. The summed E-state index contributed by atoms with van der Waals surface area (Å²) in [7, 11) is 0. The minimum Gasteiger partial charge on any atom is -0.487 e. The summed E-state index contributed by atoms with van der Waals surface area (Å²) in [4.78, 5) is 0. The van der Waals surface area contributed by atoms with Crippen LogP contribution in [-0.4, -0.2) is 20.6 Å². The second-order valence-electron chi connectivity index (χ2n) is 2.09. The number of aliphatic hydroxyl groups excluding tert-OH is 2. The minimum atomic E-state index is -0.500. The third-order valence-electron chi connectivity index (χ3n) is 0.800. The van der Waals surface area contributed by atoms with Gasteiger partial charge in [-0.05, 0) is 36.6 Å². The number of anilines is 1. The van der Waals surface area contributed by atoms with Gasteiger partial charge in [0.15, 0.2) is 0 Å². The van der Waals surface area contributed by atoms with Gasteiger partial charge in [0, 0.05) is 5.69 Å². The number of aliphatic hydroxyl groups is 2. The van der Waals surface area contributed by atoms with Crippen molar-refractivity contribution in [3.63, 3.8) is 0 Å². The zero-order chi connectivity index (χ0) is 12.3. The van der Waals surface area contributed by atoms with E-state index in [9.17, 15) is 0 Å². The molecule has 0 aliphatic heterocycles. The molecule has 1 aromatic carbocycles. The van der Waals surface area contributed by atoms with Crippen molar-refractivity contribution in [1.29, 1.82) is 0 Å². The fraction of sp³-hybridized carbons (Fsp3) is 0. The lowest BCUT2D eigenvalue weighted by Crippen LogP contribution is -2.03. The van der Waals surface area contributed by atoms with Gasteiger partial charge in [-0.1, -0.05) is 18.2 Å². The van der Waals surface area contributed by atoms with Crippen molar-refractivity contribution in [2.75, 3.05) is 5.73 Å². The zero-order valence-corrected chi connectivity index (χ0v) is 10.2. The van der Waals surface area contributed by atoms with Crippen LogP contribution in [0.4, 0.5) is 5.69 Å². The van der Waals surface area contributed by atoms with Crippen LogP contribution < -0.4 is 23.4 Å². The quantitative estimate of drug-likeness (QED) is 0.300. The fourth-order valence-electron chi connectivity index (χ4n) is 0.453. The van der Waals surface area contributed by atoms with Crippen LogP contribution in [0.5, 0.6) is 0 Å². The first-order valence-corrected chi connectivity index (χ1v) is 4.45. The largest absolute Gasteiger partial charge is 0.487 e. The lowest BCUT2D eigenvalue weighted by atomic mass is 10.3. The van der Waals surface area contributed by atoms with Crippen LogP contribution in [0.25, 0.3) is 0 Å². The maximum absolute atomic E-state index is 7.56. The molecule has 0 spiro atoms. The molecule has 0 saturated heterocycles. The van der Waals surface area contributed by atoms with Gasteiger partial charge in [-0.15, -0.1) is 0 Å². The van der Waals surface area contributed by atoms with Crippen molar-refractivity contribution in [3.8, 4) is 0 Å². The summed E-state index contributed by atoms with van der Waals surface area (Å²) in [6, 6.07) is 9.49. The topological polar surface area (TPSA) is 154 Å². The van der Waals surface area contributed by atoms with Gasteiger partial charge in [0.05, 0.1) is 0 Å². The summed E-state index contributed by atoms with van der Waals surface area (Å²) in [6.45, 7) is 0. The van der Waals surface area contributed by atoms with E-state index in [1.54, 1.807) is 0 Å². The molecule has 92 valence electrons. The van der Waals surface area contributed by atoms with Crippen molar-refractivity contribution < 1.29 is 10.2 Å². The highest BCUT2D eigenvalue weighted by molar-refractivity contribution is 7.80. The lowest BCUT2D eigenvalue weighted by molar-refractivity contribution is 0.559. The van der Waals surface area contributed by atoms with Gasteiger partial charge < -0.3 is 33.6 Å². The molecule has 0 aromatic heterocycles. The molecule has 0 heterocycles. The molecular formula is C8H16N4O2S2. The maximum Gasteiger partial charge on any atom is 0.251 e. The van der Waals surface area contributed by atoms with E-state index in [1.165, 1.54) is 0 Å². The smallest absolute Gasteiger partial charge is 0.251 e. The average Bonchev–Trinajstić information content (AvgIpc) is 2.03. The third-order valence-corrected chi connectivity index (χ3v) is 0.800. The standard InChI is InChI=1S/C6H7N.2CH3NOS.H3N/c7-6-4-2-1-3-5-6;2*2-1(3)4;/h1-5H,7H2;2*(H3,2,3,4);1H3. The number of rotatable bonds is 0. The van der Waals surface area contributed by atoms with Gasteiger partial charge in [-0.2, -0.15) is 0 Å². The van der Waals surface area contributed by atoms with Crippen LogP contribution >= 0.6 is 24.4 Å². The van der Waals surface area contributed by atoms with Crippen LogP contribution in [0.1, 0.15) is 0 Å². The molecule has 1 rings (SSSR count). The van der Waals surface area contributed by atoms with Crippen molar-refractivity contribution in [2.45, 2.75) is 0 Å². The molecule has 0 fully saturated rings. The van der Waals surface area contributed by atoms with E-state index >= 15 is 0 Å². The van der Waals surface area contributed by atoms with Gasteiger partial charge in [0.1, 0.15) is 0 Å². The van der Waals surface area contributed by atoms with E-state index in [-0.39, 0.29) is 6.15 Å². The maximum atomic E-state index is 7.56. The molecule has 0 aliphatic rings. The molecule has 0 aliphatic carbocycles. The summed E-state index contributed by atoms with van der Waals surface area (Å²) in [5.41, 5.74) is 15.0. The highest BCUT2D eigenvalue weighted by Gasteiger charge is 1.72. The average molecular weight is 264 g/mol. The number of nitrogens with two attached hydrogens (primary N) is 3. The Labute approximate surface area is 105 Å². The first-order chi connectivity index (χ1) is 6.86. The van der Waals surface area contributed by atoms with E-state index in [1.807, 2.05) is 30.3 Å². The SMILES string of the molecule is N.NC(O)=S.NC(O)=S.Nc1ccccc1. The van der Waals surface area contributed by atoms with Gasteiger partial charge >= 0.3 is 0 Å². The molecule has 6 nitrogen and oxygen atoms in total. The highest BCUT2D eigenvalue weighted by Crippen LogP contribution is 1.95. The predicted molar refractivity (Wildman–Crippen MR) is 74.7 cm³/mol. The van der Waals surface area contributed by atoms with Crippen molar-refractivity contribution in [3.05, 3.63) is 30.3 Å². The number of hydrogen-bond donors (Lipinski definition) is 6. The Kier molecular flexibility index (Phi) is 16.6. The first kappa shape index (κ1) is 19.9. The molecule has 0 atom stereocenters. The Morgan fingerprint density at radius 3 is 1.31 bits per heavy atom. The summed E-state index contributed by atoms with van der Waals surface area (Å²) < 4.78 is 0. The lowest BCUT2D eigenvalue weighted by Gasteiger charge is -1.83. The molecule has 0 radical (unpaired) electrons. The first-order valence-electron chi connectivity index (χ1n) is 3.63. The van der Waals surface area contributed by atoms with Crippen molar-refractivity contribution in [2.24, 2.45) is 11.5 Å². The normalized spacial score (nSPS) is 6.75. The van der Waals surface area contributed by atoms with Crippen LogP contribution in [0.15, 0.2) is 30.3 Å². The number of hydrogen-bond acceptors (Lipinski definition) is 4. The second-order valence-corrected chi connectivity index (χ2v) is 2.92. The Hall–Kier alpha value is -1.64. The van der Waals surface area contributed by atoms with Crippen LogP contribution in [0.3, 0.4) is 0 Å². The molecule has 8 heteroatoms. The van der Waals surface area contributed by atoms with Crippen molar-refractivity contribution in [1.82, 2.24) is 6.15 Å². The Morgan fingerprint density at radius 1 is 0.938 bits per heavy atom. The van der Waals surface area contributed by atoms with E-state index in [2.05, 4.69) is 35.9 Å². The molecular weight excluding hydrogens is 248 g/mol. The van der Waals surface area contributed by atoms with Crippen LogP contribution in [0, 0.1) is 0 Å². The third kappa shape index (κ3) is 39.4. The van der Waals surface area contributed by atoms with Crippen LogP contribution in [-0.2, 0) is 0 Å². The molecule has 16 heavy (non-hydrogen) atoms. The Bertz CT molecular complexity index is 275. The van der Waals surface area contributed by atoms with Gasteiger partial charge in [0.25, 0.3) is 10.3 Å². The monoisotopic (exact) mass is 264 g/mol. The second kappa shape index (κ2) is 13.4. The summed E-state index contributed by atoms with van der Waals surface area (Å²) in [6.07, 6.45) is 0. The minimum absolute atomic E-state index is 0. The molecule has 1 aromatic rings. The molecule has 11 N–H and O–H groups in total. The van der Waals surface area contributed by atoms with E-state index in [0.29, 0.717) is 0 Å². The van der Waals surface area contributed by atoms with E-state index in [0.717, 1.165) is 5.69 Å². The number of nitrogen functional groups attached to an aromatic ring is 1. The Morgan fingerprint density at radius 2 is 1.19 bits per heavy atom. The van der Waals surface area contributed by atoms with Gasteiger partial charge in [-0.3, -0.25) is 0 Å². The molecule has 0 bridgehead atoms. The van der Waals surface area contributed by atoms with E-state index in [4.69, 9.17) is 15.9 Å². The van der Waals surface area contributed by atoms with Crippen LogP contribution in [0.2, 0.25) is 0 Å². The Balaban J connectivity index is -0.000000166. The summed E-state index contributed by atoms with van der Waals surface area (Å²) in [5.74, 6) is 0. The molecule has 0 saturated carbocycles. The molecule has 0 unspecified atom stereocenters. The summed E-state index contributed by atoms with van der Waals surface area (Å²) in [5, 5.41) is 14.1. The predicted octanol–water partition coefficient (Wildman–Crippen LogP) is 1.01. The highest BCUT2D eigenvalue weighted by atomic mass is 32.1. The fourth-order valence-corrected chi connectivity index (χ4v) is 0.453. The van der Waals surface area contributed by atoms with E-state index < -0.39 is 10.3 Å². The summed E-state index contributed by atoms with van der Waals surface area (Å²) >= 11 is 7.74. The van der Waals surface area contributed by atoms with Gasteiger partial charge in [0.2, 0.25) is 0 Å².